The number of rotatable bonds is 11. The normalized spacial score (nSPS) is 12.4. The third-order valence-corrected chi connectivity index (χ3v) is 10.7. The van der Waals surface area contributed by atoms with Crippen molar-refractivity contribution < 1.29 is 79.1 Å². The van der Waals surface area contributed by atoms with Crippen molar-refractivity contribution in [1.82, 2.24) is 0 Å². The molecule has 20 heteroatoms. The van der Waals surface area contributed by atoms with Crippen molar-refractivity contribution in [3.63, 3.8) is 0 Å². The van der Waals surface area contributed by atoms with E-state index in [0.717, 1.165) is 21.3 Å². The second kappa shape index (κ2) is 13.2. The van der Waals surface area contributed by atoms with Gasteiger partial charge in [0.25, 0.3) is 0 Å². The van der Waals surface area contributed by atoms with Crippen LogP contribution in [0.25, 0.3) is 0 Å². The van der Waals surface area contributed by atoms with Crippen LogP contribution in [0.15, 0.2) is 0 Å². The topological polar surface area (TPSA) is 27.7 Å². The molecule has 45 heavy (non-hydrogen) atoms. The van der Waals surface area contributed by atoms with Crippen LogP contribution in [0.4, 0.5) is 65.9 Å². The molecule has 0 fully saturated rings. The minimum Gasteiger partial charge on any atom is -0.379 e. The highest BCUT2D eigenvalue weighted by atomic mass is 28.4. The Hall–Kier alpha value is -3.23. The first-order valence-corrected chi connectivity index (χ1v) is 14.2. The van der Waals surface area contributed by atoms with Crippen LogP contribution in [0.2, 0.25) is 5.94 Å². The monoisotopic (exact) mass is 689 g/mol. The molecular formula is C25H17BF15O3Si-. The third-order valence-electron chi connectivity index (χ3n) is 7.43. The van der Waals surface area contributed by atoms with Gasteiger partial charge >= 0.3 is 8.80 Å². The van der Waals surface area contributed by atoms with E-state index in [1.165, 1.54) is 0 Å². The summed E-state index contributed by atoms with van der Waals surface area (Å²) < 4.78 is 232. The molecule has 3 nitrogen and oxygen atoms in total. The van der Waals surface area contributed by atoms with E-state index in [9.17, 15) is 65.9 Å². The van der Waals surface area contributed by atoms with Crippen molar-refractivity contribution in [2.24, 2.45) is 0 Å². The van der Waals surface area contributed by atoms with Gasteiger partial charge in [0, 0.05) is 27.5 Å². The van der Waals surface area contributed by atoms with E-state index in [1.807, 2.05) is 0 Å². The van der Waals surface area contributed by atoms with Gasteiger partial charge in [0.1, 0.15) is 0 Å². The lowest BCUT2D eigenvalue weighted by atomic mass is 9.19. The average Bonchev–Trinajstić information content (AvgIpc) is 3.04. The standard InChI is InChI=1S/C25H17BF15O3Si/c1-42-45(43-2,44-3)7-26(4-8-11(27)17(33)23(39)18(34)12(8)28,5-9-13(29)19(35)24(40)20(36)14(9)30)6-10-15(31)21(37)25(41)22(38)16(10)32/h4-7H2,1-3H3/q-1. The van der Waals surface area contributed by atoms with Crippen LogP contribution in [0.5, 0.6) is 0 Å². The van der Waals surface area contributed by atoms with Gasteiger partial charge in [-0.2, -0.15) is 0 Å². The minimum atomic E-state index is -4.52. The molecule has 3 aromatic carbocycles. The fourth-order valence-electron chi connectivity index (χ4n) is 5.25. The molecule has 0 saturated carbocycles. The minimum absolute atomic E-state index is 0.829. The molecule has 0 aliphatic rings. The Labute approximate surface area is 244 Å². The zero-order valence-corrected chi connectivity index (χ0v) is 23.8. The predicted molar refractivity (Wildman–Crippen MR) is 127 cm³/mol. The fraction of sp³-hybridized carbons (Fsp3) is 0.280. The van der Waals surface area contributed by atoms with Crippen LogP contribution < -0.4 is 0 Å². The van der Waals surface area contributed by atoms with Gasteiger partial charge in [-0.05, 0) is 16.7 Å². The molecule has 0 aliphatic heterocycles. The van der Waals surface area contributed by atoms with Gasteiger partial charge in [-0.15, -0.1) is 24.9 Å². The van der Waals surface area contributed by atoms with Crippen LogP contribution in [0.3, 0.4) is 0 Å². The molecular weight excluding hydrogens is 672 g/mol. The first-order chi connectivity index (χ1) is 20.8. The van der Waals surface area contributed by atoms with Crippen molar-refractivity contribution >= 4 is 15.0 Å². The fourth-order valence-corrected chi connectivity index (χ4v) is 7.74. The molecule has 3 aromatic rings. The summed E-state index contributed by atoms with van der Waals surface area (Å²) in [5.41, 5.74) is -5.53. The smallest absolute Gasteiger partial charge is 0.379 e. The molecule has 0 spiro atoms. The van der Waals surface area contributed by atoms with E-state index in [1.54, 1.807) is 0 Å². The molecule has 0 aliphatic carbocycles. The number of hydrogen-bond donors (Lipinski definition) is 0. The lowest BCUT2D eigenvalue weighted by Crippen LogP contribution is -2.57. The number of halogens is 15. The molecule has 0 bridgehead atoms. The van der Waals surface area contributed by atoms with E-state index < -0.39 is 144 Å². The van der Waals surface area contributed by atoms with E-state index in [0.29, 0.717) is 0 Å². The number of hydrogen-bond acceptors (Lipinski definition) is 3. The predicted octanol–water partition coefficient (Wildman–Crippen LogP) is 7.28. The highest BCUT2D eigenvalue weighted by Crippen LogP contribution is 2.38. The molecule has 248 valence electrons. The quantitative estimate of drug-likeness (QED) is 0.0918. The first kappa shape index (κ1) is 36.2. The summed E-state index contributed by atoms with van der Waals surface area (Å²) in [7, 11) is -2.04. The molecule has 0 saturated heterocycles. The van der Waals surface area contributed by atoms with Crippen molar-refractivity contribution in [3.05, 3.63) is 104 Å². The molecule has 0 N–H and O–H groups in total. The average molecular weight is 689 g/mol. The van der Waals surface area contributed by atoms with Gasteiger partial charge in [-0.1, -0.05) is 0 Å². The summed E-state index contributed by atoms with van der Waals surface area (Å²) in [6.07, 6.45) is -9.28. The highest BCUT2D eigenvalue weighted by Gasteiger charge is 2.46. The molecule has 0 amide bonds. The maximum Gasteiger partial charge on any atom is 0.463 e. The molecule has 0 aromatic heterocycles. The summed E-state index contributed by atoms with van der Waals surface area (Å²) in [5, 5.41) is 0. The highest BCUT2D eigenvalue weighted by molar-refractivity contribution is 6.89. The van der Waals surface area contributed by atoms with Crippen molar-refractivity contribution in [3.8, 4) is 0 Å². The summed E-state index contributed by atoms with van der Waals surface area (Å²) in [5.74, 6) is -40.5. The van der Waals surface area contributed by atoms with Gasteiger partial charge in [0.15, 0.2) is 69.8 Å². The van der Waals surface area contributed by atoms with E-state index in [-0.39, 0.29) is 0 Å². The lowest BCUT2D eigenvalue weighted by Gasteiger charge is -2.44. The second-order valence-corrected chi connectivity index (χ2v) is 13.0. The van der Waals surface area contributed by atoms with Crippen molar-refractivity contribution in [1.29, 1.82) is 0 Å². The Morgan fingerprint density at radius 2 is 0.533 bits per heavy atom. The van der Waals surface area contributed by atoms with Gasteiger partial charge in [-0.25, -0.2) is 65.9 Å². The third kappa shape index (κ3) is 6.28. The Morgan fingerprint density at radius 1 is 0.356 bits per heavy atom. The maximum absolute atomic E-state index is 14.9. The zero-order valence-electron chi connectivity index (χ0n) is 22.8. The van der Waals surface area contributed by atoms with Crippen LogP contribution >= 0.6 is 0 Å². The summed E-state index contributed by atoms with van der Waals surface area (Å²) in [4.78, 5) is 0. The second-order valence-electron chi connectivity index (χ2n) is 9.99. The van der Waals surface area contributed by atoms with Crippen molar-refractivity contribution in [2.45, 2.75) is 24.9 Å². The van der Waals surface area contributed by atoms with Crippen LogP contribution in [0, 0.1) is 87.3 Å². The van der Waals surface area contributed by atoms with E-state index in [4.69, 9.17) is 13.3 Å². The summed E-state index contributed by atoms with van der Waals surface area (Å²) >= 11 is 0. The molecule has 0 atom stereocenters. The van der Waals surface area contributed by atoms with Crippen LogP contribution in [-0.4, -0.2) is 36.3 Å². The molecule has 0 unspecified atom stereocenters. The Bertz CT molecular complexity index is 1380. The van der Waals surface area contributed by atoms with Crippen molar-refractivity contribution in [2.75, 3.05) is 21.3 Å². The van der Waals surface area contributed by atoms with Gasteiger partial charge in [0.05, 0.1) is 0 Å². The molecule has 3 rings (SSSR count). The Balaban J connectivity index is 2.53. The maximum atomic E-state index is 14.9. The van der Waals surface area contributed by atoms with Gasteiger partial charge < -0.3 is 13.3 Å². The number of benzene rings is 3. The molecule has 0 heterocycles. The van der Waals surface area contributed by atoms with Gasteiger partial charge in [0.2, 0.25) is 17.5 Å². The Morgan fingerprint density at radius 3 is 0.711 bits per heavy atom. The summed E-state index contributed by atoms with van der Waals surface area (Å²) in [6.45, 7) is 0. The van der Waals surface area contributed by atoms with Crippen LogP contribution in [-0.2, 0) is 32.2 Å². The van der Waals surface area contributed by atoms with E-state index in [2.05, 4.69) is 0 Å². The van der Waals surface area contributed by atoms with Gasteiger partial charge in [-0.3, -0.25) is 0 Å². The van der Waals surface area contributed by atoms with E-state index >= 15 is 0 Å². The SMILES string of the molecule is CO[Si](C[B-](Cc1c(F)c(F)c(F)c(F)c1F)(Cc1c(F)c(F)c(F)c(F)c1F)Cc1c(F)c(F)c(F)c(F)c1F)(OC)OC. The lowest BCUT2D eigenvalue weighted by molar-refractivity contribution is 0.128. The van der Waals surface area contributed by atoms with Crippen LogP contribution in [0.1, 0.15) is 16.7 Å². The zero-order chi connectivity index (χ0) is 34.3. The summed E-state index contributed by atoms with van der Waals surface area (Å²) in [6, 6.07) is 0. The molecule has 0 radical (unpaired) electrons. The Kier molecular flexibility index (Phi) is 10.7. The first-order valence-electron chi connectivity index (χ1n) is 12.2. The largest absolute Gasteiger partial charge is 0.463 e.